The van der Waals surface area contributed by atoms with Crippen LogP contribution in [0.1, 0.15) is 53.7 Å². The Labute approximate surface area is 228 Å². The van der Waals surface area contributed by atoms with Crippen LogP contribution in [0.3, 0.4) is 0 Å². The molecule has 2 heterocycles. The Morgan fingerprint density at radius 1 is 1.26 bits per heavy atom. The number of aryl methyl sites for hydroxylation is 2. The number of carboxylic acids is 1. The van der Waals surface area contributed by atoms with Gasteiger partial charge in [-0.05, 0) is 68.6 Å². The predicted molar refractivity (Wildman–Crippen MR) is 139 cm³/mol. The molecule has 3 N–H and O–H groups in total. The lowest BCUT2D eigenvalue weighted by Crippen LogP contribution is -2.53. The average molecular weight is 567 g/mol. The number of pyridine rings is 1. The van der Waals surface area contributed by atoms with Gasteiger partial charge < -0.3 is 20.4 Å². The molecule has 2 aromatic rings. The minimum Gasteiger partial charge on any atom is -0.480 e. The number of aliphatic hydroxyl groups excluding tert-OH is 1. The number of carbonyl (C=O) groups excluding carboxylic acids is 1. The van der Waals surface area contributed by atoms with Crippen LogP contribution in [0.5, 0.6) is 0 Å². The second-order valence-corrected chi connectivity index (χ2v) is 10.3. The highest BCUT2D eigenvalue weighted by molar-refractivity contribution is 6.40. The smallest absolute Gasteiger partial charge is 0.360 e. The molecule has 0 bridgehead atoms. The number of nitro benzene ring substituents is 1. The van der Waals surface area contributed by atoms with Crippen LogP contribution in [0.25, 0.3) is 0 Å². The predicted octanol–water partition coefficient (Wildman–Crippen LogP) is 4.28. The number of carbonyl (C=O) groups is 2. The standard InChI is InChI=1S/C25H28Cl2N4O7/c26-18-7-8-19(31(36)37)22(27)21(18)25(35)38-30(20(9-11-32)24(33)34)17-12-14(13-17)3-5-16-6-4-15-2-1-10-28-23(15)29-16/h4,6-8,14,17,20,32H,1-3,5,9-13H2,(H,28,29)(H,33,34)/t14?,17?,20-/m0/s1. The zero-order chi connectivity index (χ0) is 27.4. The molecule has 1 aromatic heterocycles. The highest BCUT2D eigenvalue weighted by atomic mass is 35.5. The van der Waals surface area contributed by atoms with E-state index in [4.69, 9.17) is 33.0 Å². The van der Waals surface area contributed by atoms with Gasteiger partial charge in [-0.25, -0.2) is 9.78 Å². The zero-order valence-corrected chi connectivity index (χ0v) is 22.0. The number of benzene rings is 1. The van der Waals surface area contributed by atoms with Crippen LogP contribution in [0.4, 0.5) is 11.5 Å². The van der Waals surface area contributed by atoms with Gasteiger partial charge in [0, 0.05) is 31.0 Å². The molecular weight excluding hydrogens is 539 g/mol. The van der Waals surface area contributed by atoms with Gasteiger partial charge in [-0.2, -0.15) is 0 Å². The highest BCUT2D eigenvalue weighted by Gasteiger charge is 2.42. The molecule has 1 atom stereocenters. The molecule has 13 heteroatoms. The van der Waals surface area contributed by atoms with Crippen LogP contribution in [-0.4, -0.2) is 62.4 Å². The Bertz CT molecular complexity index is 1220. The number of fused-ring (bicyclic) bond motifs is 1. The van der Waals surface area contributed by atoms with Gasteiger partial charge in [0.25, 0.3) is 5.69 Å². The van der Waals surface area contributed by atoms with Crippen LogP contribution in [-0.2, 0) is 22.5 Å². The van der Waals surface area contributed by atoms with Crippen LogP contribution < -0.4 is 5.32 Å². The van der Waals surface area contributed by atoms with Crippen molar-refractivity contribution in [1.29, 1.82) is 0 Å². The summed E-state index contributed by atoms with van der Waals surface area (Å²) < 4.78 is 0. The molecule has 4 rings (SSSR count). The van der Waals surface area contributed by atoms with E-state index in [-0.39, 0.29) is 17.4 Å². The molecule has 38 heavy (non-hydrogen) atoms. The number of carboxylic acid groups (broad SMARTS) is 1. The second-order valence-electron chi connectivity index (χ2n) is 9.49. The summed E-state index contributed by atoms with van der Waals surface area (Å²) in [4.78, 5) is 45.7. The van der Waals surface area contributed by atoms with Crippen LogP contribution >= 0.6 is 23.2 Å². The number of nitrogens with one attached hydrogen (secondary N) is 1. The number of hydrogen-bond donors (Lipinski definition) is 3. The van der Waals surface area contributed by atoms with Gasteiger partial charge in [0.15, 0.2) is 0 Å². The third-order valence-electron chi connectivity index (χ3n) is 6.99. The van der Waals surface area contributed by atoms with Crippen LogP contribution in [0.2, 0.25) is 10.0 Å². The number of hydrogen-bond acceptors (Lipinski definition) is 9. The normalized spacial score (nSPS) is 19.2. The summed E-state index contributed by atoms with van der Waals surface area (Å²) in [5.74, 6) is -1.20. The number of hydroxylamine groups is 2. The molecular formula is C25H28Cl2N4O7. The SMILES string of the molecule is O=C(ON(C1CC(CCc2ccc3c(n2)NCCC3)C1)[C@@H](CCO)C(=O)O)c1c(Cl)ccc([N+](=O)[O-])c1Cl. The van der Waals surface area contributed by atoms with Gasteiger partial charge in [-0.1, -0.05) is 29.3 Å². The maximum Gasteiger partial charge on any atom is 0.360 e. The molecule has 204 valence electrons. The van der Waals surface area contributed by atoms with E-state index in [1.54, 1.807) is 0 Å². The Kier molecular flexibility index (Phi) is 9.03. The Morgan fingerprint density at radius 3 is 2.71 bits per heavy atom. The first-order valence-corrected chi connectivity index (χ1v) is 13.1. The van der Waals surface area contributed by atoms with Gasteiger partial charge >= 0.3 is 11.9 Å². The summed E-state index contributed by atoms with van der Waals surface area (Å²) in [5, 5.41) is 34.2. The Balaban J connectivity index is 1.45. The van der Waals surface area contributed by atoms with Crippen molar-refractivity contribution in [1.82, 2.24) is 10.0 Å². The molecule has 0 radical (unpaired) electrons. The first-order valence-electron chi connectivity index (χ1n) is 12.4. The van der Waals surface area contributed by atoms with Crippen molar-refractivity contribution in [3.63, 3.8) is 0 Å². The van der Waals surface area contributed by atoms with E-state index < -0.39 is 51.8 Å². The fourth-order valence-corrected chi connectivity index (χ4v) is 5.48. The average Bonchev–Trinajstić information content (AvgIpc) is 2.85. The van der Waals surface area contributed by atoms with Crippen molar-refractivity contribution in [3.05, 3.63) is 61.2 Å². The first-order chi connectivity index (χ1) is 18.2. The Hall–Kier alpha value is -2.99. The summed E-state index contributed by atoms with van der Waals surface area (Å²) >= 11 is 12.2. The number of anilines is 1. The number of nitrogens with zero attached hydrogens (tertiary/aromatic N) is 3. The van der Waals surface area contributed by atoms with E-state index >= 15 is 0 Å². The summed E-state index contributed by atoms with van der Waals surface area (Å²) in [5.41, 5.74) is 1.23. The fraction of sp³-hybridized carbons (Fsp3) is 0.480. The van der Waals surface area contributed by atoms with E-state index in [0.717, 1.165) is 60.9 Å². The summed E-state index contributed by atoms with van der Waals surface area (Å²) in [6, 6.07) is 4.61. The number of aliphatic carboxylic acids is 1. The van der Waals surface area contributed by atoms with Crippen LogP contribution in [0.15, 0.2) is 24.3 Å². The van der Waals surface area contributed by atoms with Crippen molar-refractivity contribution >= 4 is 46.6 Å². The largest absolute Gasteiger partial charge is 0.480 e. The fourth-order valence-electron chi connectivity index (χ4n) is 4.89. The molecule has 1 saturated carbocycles. The van der Waals surface area contributed by atoms with E-state index in [1.807, 2.05) is 6.07 Å². The molecule has 2 aliphatic rings. The third kappa shape index (κ3) is 6.17. The number of rotatable bonds is 11. The van der Waals surface area contributed by atoms with Gasteiger partial charge in [0.2, 0.25) is 0 Å². The number of halogens is 2. The lowest BCUT2D eigenvalue weighted by atomic mass is 9.76. The summed E-state index contributed by atoms with van der Waals surface area (Å²) in [7, 11) is 0. The van der Waals surface area contributed by atoms with Crippen molar-refractivity contribution in [2.45, 2.75) is 57.0 Å². The van der Waals surface area contributed by atoms with Crippen molar-refractivity contribution in [3.8, 4) is 0 Å². The summed E-state index contributed by atoms with van der Waals surface area (Å²) in [6.45, 7) is 0.463. The Morgan fingerprint density at radius 2 is 2.03 bits per heavy atom. The molecule has 1 fully saturated rings. The topological polar surface area (TPSA) is 155 Å². The maximum atomic E-state index is 13.0. The molecule has 1 aromatic carbocycles. The van der Waals surface area contributed by atoms with E-state index in [2.05, 4.69) is 11.4 Å². The lowest BCUT2D eigenvalue weighted by Gasteiger charge is -2.43. The zero-order valence-electron chi connectivity index (χ0n) is 20.4. The monoisotopic (exact) mass is 566 g/mol. The van der Waals surface area contributed by atoms with Gasteiger partial charge in [0.05, 0.1) is 9.95 Å². The minimum atomic E-state index is -1.32. The third-order valence-corrected chi connectivity index (χ3v) is 7.68. The second kappa shape index (κ2) is 12.2. The van der Waals surface area contributed by atoms with E-state index in [1.165, 1.54) is 5.56 Å². The first kappa shape index (κ1) is 28.0. The molecule has 0 amide bonds. The van der Waals surface area contributed by atoms with Gasteiger partial charge in [-0.15, -0.1) is 5.06 Å². The molecule has 0 unspecified atom stereocenters. The van der Waals surface area contributed by atoms with Crippen molar-refractivity contribution in [2.24, 2.45) is 5.92 Å². The van der Waals surface area contributed by atoms with Crippen molar-refractivity contribution in [2.75, 3.05) is 18.5 Å². The quantitative estimate of drug-likeness (QED) is 0.265. The molecule has 1 aliphatic heterocycles. The van der Waals surface area contributed by atoms with E-state index in [9.17, 15) is 29.9 Å². The maximum absolute atomic E-state index is 13.0. The molecule has 0 spiro atoms. The van der Waals surface area contributed by atoms with Crippen molar-refractivity contribution < 1.29 is 29.6 Å². The summed E-state index contributed by atoms with van der Waals surface area (Å²) in [6.07, 6.45) is 4.61. The number of nitro groups is 1. The highest BCUT2D eigenvalue weighted by Crippen LogP contribution is 2.38. The molecule has 11 nitrogen and oxygen atoms in total. The number of aliphatic hydroxyl groups is 1. The molecule has 0 saturated heterocycles. The van der Waals surface area contributed by atoms with Crippen LogP contribution in [0, 0.1) is 16.0 Å². The van der Waals surface area contributed by atoms with E-state index in [0.29, 0.717) is 12.8 Å². The van der Waals surface area contributed by atoms with Gasteiger partial charge in [-0.3, -0.25) is 14.9 Å². The molecule has 1 aliphatic carbocycles. The van der Waals surface area contributed by atoms with Gasteiger partial charge in [0.1, 0.15) is 22.4 Å². The lowest BCUT2D eigenvalue weighted by molar-refractivity contribution is -0.384. The number of aromatic nitrogens is 1. The minimum absolute atomic E-state index is 0.168.